The maximum absolute atomic E-state index is 13.1. The average Bonchev–Trinajstić information content (AvgIpc) is 2.76. The molecular weight excluding hydrogens is 305 g/mol. The third-order valence-electron chi connectivity index (χ3n) is 2.03. The molecule has 0 fully saturated rings. The van der Waals surface area contributed by atoms with Gasteiger partial charge in [0.15, 0.2) is 11.8 Å². The maximum Gasteiger partial charge on any atom is 0.405 e. The Bertz CT molecular complexity index is 708. The summed E-state index contributed by atoms with van der Waals surface area (Å²) >= 11 is 7.11. The molecule has 2 N–H and O–H groups in total. The van der Waals surface area contributed by atoms with Gasteiger partial charge in [0.05, 0.1) is 6.20 Å². The van der Waals surface area contributed by atoms with Crippen molar-refractivity contribution in [2.24, 2.45) is 5.73 Å². The van der Waals surface area contributed by atoms with Crippen LogP contribution in [0.2, 0.25) is 5.15 Å². The van der Waals surface area contributed by atoms with E-state index in [1.54, 1.807) is 0 Å². The lowest BCUT2D eigenvalue weighted by atomic mass is 10.3. The van der Waals surface area contributed by atoms with Crippen LogP contribution in [-0.2, 0) is 4.74 Å². The van der Waals surface area contributed by atoms with Crippen LogP contribution in [-0.4, -0.2) is 22.7 Å². The molecule has 102 valence electrons. The van der Waals surface area contributed by atoms with E-state index in [1.165, 1.54) is 23.6 Å². The van der Waals surface area contributed by atoms with Crippen LogP contribution in [0.15, 0.2) is 18.5 Å². The van der Waals surface area contributed by atoms with Gasteiger partial charge < -0.3 is 10.5 Å². The van der Waals surface area contributed by atoms with Crippen molar-refractivity contribution in [3.8, 4) is 22.4 Å². The lowest BCUT2D eigenvalue weighted by Crippen LogP contribution is -2.12. The van der Waals surface area contributed by atoms with Crippen LogP contribution in [0.25, 0.3) is 10.6 Å². The number of ether oxygens (including phenoxy) is 1. The van der Waals surface area contributed by atoms with Gasteiger partial charge >= 0.3 is 6.09 Å². The Morgan fingerprint density at radius 3 is 3.05 bits per heavy atom. The van der Waals surface area contributed by atoms with Gasteiger partial charge in [-0.25, -0.2) is 14.2 Å². The van der Waals surface area contributed by atoms with E-state index in [-0.39, 0.29) is 11.8 Å². The Balaban J connectivity index is 2.19. The van der Waals surface area contributed by atoms with Gasteiger partial charge in [-0.05, 0) is 12.0 Å². The predicted octanol–water partition coefficient (Wildman–Crippen LogP) is 2.44. The van der Waals surface area contributed by atoms with E-state index >= 15 is 0 Å². The molecule has 0 saturated heterocycles. The first kappa shape index (κ1) is 14.2. The first-order valence-corrected chi connectivity index (χ1v) is 6.44. The number of hydrogen-bond donors (Lipinski definition) is 1. The summed E-state index contributed by atoms with van der Waals surface area (Å²) in [7, 11) is 0. The van der Waals surface area contributed by atoms with Gasteiger partial charge in [0.25, 0.3) is 0 Å². The fraction of sp³-hybridized carbons (Fsp3) is 0.0833. The van der Waals surface area contributed by atoms with Crippen molar-refractivity contribution in [1.29, 1.82) is 0 Å². The van der Waals surface area contributed by atoms with Crippen LogP contribution in [0.4, 0.5) is 9.18 Å². The largest absolute Gasteiger partial charge is 0.437 e. The maximum atomic E-state index is 13.1. The molecule has 1 amide bonds. The molecule has 0 aliphatic rings. The van der Waals surface area contributed by atoms with Crippen molar-refractivity contribution in [2.45, 2.75) is 0 Å². The lowest BCUT2D eigenvalue weighted by molar-refractivity contribution is 0.171. The molecule has 0 radical (unpaired) electrons. The molecular formula is C12H7ClFN3O2S. The Hall–Kier alpha value is -2.17. The van der Waals surface area contributed by atoms with Gasteiger partial charge in [0.1, 0.15) is 15.7 Å². The summed E-state index contributed by atoms with van der Waals surface area (Å²) in [4.78, 5) is 18.7. The van der Waals surface area contributed by atoms with Gasteiger partial charge in [0, 0.05) is 11.8 Å². The van der Waals surface area contributed by atoms with Gasteiger partial charge in [-0.2, -0.15) is 0 Å². The molecule has 2 rings (SSSR count). The number of primary amides is 1. The van der Waals surface area contributed by atoms with Crippen molar-refractivity contribution in [3.63, 3.8) is 0 Å². The van der Waals surface area contributed by atoms with E-state index in [2.05, 4.69) is 26.5 Å². The molecule has 0 spiro atoms. The second kappa shape index (κ2) is 6.32. The number of carbonyl (C=O) groups is 1. The minimum atomic E-state index is -0.902. The summed E-state index contributed by atoms with van der Waals surface area (Å²) in [6.45, 7) is -0.138. The lowest BCUT2D eigenvalue weighted by Gasteiger charge is -1.93. The van der Waals surface area contributed by atoms with Crippen molar-refractivity contribution in [2.75, 3.05) is 6.61 Å². The minimum absolute atomic E-state index is 0.138. The second-order valence-electron chi connectivity index (χ2n) is 3.44. The Kier molecular flexibility index (Phi) is 4.50. The van der Waals surface area contributed by atoms with Crippen LogP contribution < -0.4 is 5.73 Å². The molecule has 8 heteroatoms. The number of aromatic nitrogens is 2. The van der Waals surface area contributed by atoms with E-state index in [0.717, 1.165) is 6.20 Å². The number of nitrogens with two attached hydrogens (primary N) is 1. The van der Waals surface area contributed by atoms with E-state index in [4.69, 9.17) is 17.3 Å². The molecule has 5 nitrogen and oxygen atoms in total. The zero-order chi connectivity index (χ0) is 14.5. The van der Waals surface area contributed by atoms with Gasteiger partial charge in [-0.1, -0.05) is 17.5 Å². The van der Waals surface area contributed by atoms with Crippen LogP contribution >= 0.6 is 22.9 Å². The fourth-order valence-corrected chi connectivity index (χ4v) is 2.36. The topological polar surface area (TPSA) is 78.1 Å². The normalized spacial score (nSPS) is 9.70. The monoisotopic (exact) mass is 311 g/mol. The summed E-state index contributed by atoms with van der Waals surface area (Å²) in [5.41, 5.74) is 5.30. The number of nitrogens with zero attached hydrogens (tertiary/aromatic N) is 2. The highest BCUT2D eigenvalue weighted by Gasteiger charge is 2.10. The molecule has 2 heterocycles. The predicted molar refractivity (Wildman–Crippen MR) is 72.7 cm³/mol. The number of halogens is 2. The van der Waals surface area contributed by atoms with Crippen molar-refractivity contribution in [3.05, 3.63) is 34.3 Å². The zero-order valence-electron chi connectivity index (χ0n) is 9.89. The van der Waals surface area contributed by atoms with Crippen molar-refractivity contribution < 1.29 is 13.9 Å². The number of thiazole rings is 1. The number of rotatable bonds is 2. The highest BCUT2D eigenvalue weighted by molar-refractivity contribution is 7.16. The summed E-state index contributed by atoms with van der Waals surface area (Å²) in [6, 6.07) is 1.30. The van der Waals surface area contributed by atoms with Gasteiger partial charge in [0.2, 0.25) is 0 Å². The molecule has 2 aromatic heterocycles. The van der Waals surface area contributed by atoms with Crippen LogP contribution in [0.3, 0.4) is 0 Å². The quantitative estimate of drug-likeness (QED) is 0.864. The molecule has 2 aromatic rings. The van der Waals surface area contributed by atoms with Gasteiger partial charge in [-0.3, -0.25) is 4.98 Å². The van der Waals surface area contributed by atoms with Crippen LogP contribution in [0, 0.1) is 17.7 Å². The molecule has 0 aliphatic heterocycles. The number of pyridine rings is 1. The smallest absolute Gasteiger partial charge is 0.405 e. The summed E-state index contributed by atoms with van der Waals surface area (Å²) in [6.07, 6.45) is 1.67. The molecule has 0 bridgehead atoms. The molecule has 0 unspecified atom stereocenters. The Morgan fingerprint density at radius 2 is 2.35 bits per heavy atom. The van der Waals surface area contributed by atoms with Crippen LogP contribution in [0.1, 0.15) is 4.88 Å². The second-order valence-corrected chi connectivity index (χ2v) is 4.80. The SMILES string of the molecule is NC(=O)OCC#Cc1sc(-c2cncc(F)c2)nc1Cl. The molecule has 0 aromatic carbocycles. The Labute approximate surface area is 122 Å². The van der Waals surface area contributed by atoms with Gasteiger partial charge in [-0.15, -0.1) is 11.3 Å². The minimum Gasteiger partial charge on any atom is -0.437 e. The van der Waals surface area contributed by atoms with E-state index in [1.807, 2.05) is 0 Å². The zero-order valence-corrected chi connectivity index (χ0v) is 11.5. The number of carbonyl (C=O) groups excluding carboxylic acids is 1. The van der Waals surface area contributed by atoms with Crippen LogP contribution in [0.5, 0.6) is 0 Å². The molecule has 0 aliphatic carbocycles. The fourth-order valence-electron chi connectivity index (χ4n) is 1.25. The highest BCUT2D eigenvalue weighted by Crippen LogP contribution is 2.30. The highest BCUT2D eigenvalue weighted by atomic mass is 35.5. The summed E-state index contributed by atoms with van der Waals surface area (Å²) in [5, 5.41) is 0.697. The average molecular weight is 312 g/mol. The third-order valence-corrected chi connectivity index (χ3v) is 3.43. The summed E-state index contributed by atoms with van der Waals surface area (Å²) in [5.74, 6) is 4.81. The molecule has 0 atom stereocenters. The van der Waals surface area contributed by atoms with E-state index in [9.17, 15) is 9.18 Å². The summed E-state index contributed by atoms with van der Waals surface area (Å²) < 4.78 is 17.5. The number of amides is 1. The van der Waals surface area contributed by atoms with E-state index < -0.39 is 11.9 Å². The third kappa shape index (κ3) is 3.66. The molecule has 0 saturated carbocycles. The Morgan fingerprint density at radius 1 is 1.55 bits per heavy atom. The molecule has 20 heavy (non-hydrogen) atoms. The first-order chi connectivity index (χ1) is 9.56. The standard InChI is InChI=1S/C12H7ClFN3O2S/c13-10-9(2-1-3-19-12(15)18)20-11(17-10)7-4-8(14)6-16-5-7/h4-6H,3H2,(H2,15,18). The first-order valence-electron chi connectivity index (χ1n) is 5.24. The van der Waals surface area contributed by atoms with E-state index in [0.29, 0.717) is 15.4 Å². The van der Waals surface area contributed by atoms with Crippen molar-refractivity contribution >= 4 is 29.0 Å². The number of hydrogen-bond acceptors (Lipinski definition) is 5. The van der Waals surface area contributed by atoms with Crippen molar-refractivity contribution in [1.82, 2.24) is 9.97 Å².